The zero-order chi connectivity index (χ0) is 12.0. The van der Waals surface area contributed by atoms with Crippen molar-refractivity contribution in [2.24, 2.45) is 0 Å². The number of esters is 1. The van der Waals surface area contributed by atoms with Crippen LogP contribution in [0.3, 0.4) is 0 Å². The lowest BCUT2D eigenvalue weighted by atomic mass is 10.2. The molecule has 1 atom stereocenters. The third-order valence-corrected chi connectivity index (χ3v) is 3.52. The van der Waals surface area contributed by atoms with Crippen molar-refractivity contribution in [1.82, 2.24) is 5.32 Å². The lowest BCUT2D eigenvalue weighted by molar-refractivity contribution is -0.139. The average molecular weight is 351 g/mol. The Labute approximate surface area is 112 Å². The summed E-state index contributed by atoms with van der Waals surface area (Å²) in [4.78, 5) is 10.8. The number of carbonyl (C=O) groups excluding carboxylic acids is 1. The molecule has 0 saturated heterocycles. The van der Waals surface area contributed by atoms with Gasteiger partial charge in [0, 0.05) is 17.6 Å². The highest BCUT2D eigenvalue weighted by Crippen LogP contribution is 2.15. The highest BCUT2D eigenvalue weighted by molar-refractivity contribution is 9.10. The Bertz CT molecular complexity index is 358. The predicted molar refractivity (Wildman–Crippen MR) is 70.6 cm³/mol. The second-order valence-electron chi connectivity index (χ2n) is 3.21. The molecule has 3 nitrogen and oxygen atoms in total. The van der Waals surface area contributed by atoms with E-state index in [2.05, 4.69) is 41.9 Å². The van der Waals surface area contributed by atoms with Crippen LogP contribution in [0.25, 0.3) is 0 Å². The SMILES string of the molecule is COC(=O)C(Br)CNCc1ccccc1Br. The Hall–Kier alpha value is -0.390. The Kier molecular flexibility index (Phi) is 6.01. The van der Waals surface area contributed by atoms with E-state index in [-0.39, 0.29) is 10.8 Å². The summed E-state index contributed by atoms with van der Waals surface area (Å²) in [6, 6.07) is 7.96. The molecule has 0 aromatic heterocycles. The third kappa shape index (κ3) is 4.23. The van der Waals surface area contributed by atoms with Crippen LogP contribution in [0, 0.1) is 0 Å². The van der Waals surface area contributed by atoms with Gasteiger partial charge in [-0.05, 0) is 11.6 Å². The van der Waals surface area contributed by atoms with Gasteiger partial charge in [-0.3, -0.25) is 4.79 Å². The second kappa shape index (κ2) is 7.04. The fourth-order valence-electron chi connectivity index (χ4n) is 1.19. The van der Waals surface area contributed by atoms with Crippen molar-refractivity contribution in [3.63, 3.8) is 0 Å². The number of alkyl halides is 1. The topological polar surface area (TPSA) is 38.3 Å². The lowest BCUT2D eigenvalue weighted by Crippen LogP contribution is -2.29. The molecule has 1 N–H and O–H groups in total. The maximum atomic E-state index is 11.1. The van der Waals surface area contributed by atoms with Crippen molar-refractivity contribution in [2.45, 2.75) is 11.4 Å². The fraction of sp³-hybridized carbons (Fsp3) is 0.364. The van der Waals surface area contributed by atoms with E-state index in [1.165, 1.54) is 7.11 Å². The fourth-order valence-corrected chi connectivity index (χ4v) is 2.03. The van der Waals surface area contributed by atoms with E-state index in [1.807, 2.05) is 24.3 Å². The molecule has 0 aliphatic rings. The number of hydrogen-bond acceptors (Lipinski definition) is 3. The Morgan fingerprint density at radius 1 is 1.50 bits per heavy atom. The van der Waals surface area contributed by atoms with Crippen LogP contribution in [0.1, 0.15) is 5.56 Å². The van der Waals surface area contributed by atoms with Crippen molar-refractivity contribution in [3.05, 3.63) is 34.3 Å². The minimum Gasteiger partial charge on any atom is -0.468 e. The molecule has 0 saturated carbocycles. The molecule has 0 aliphatic carbocycles. The second-order valence-corrected chi connectivity index (χ2v) is 5.17. The number of ether oxygens (including phenoxy) is 1. The van der Waals surface area contributed by atoms with E-state index in [0.29, 0.717) is 13.1 Å². The first-order valence-electron chi connectivity index (χ1n) is 4.81. The molecule has 16 heavy (non-hydrogen) atoms. The molecular formula is C11H13Br2NO2. The van der Waals surface area contributed by atoms with E-state index in [0.717, 1.165) is 10.0 Å². The number of nitrogens with one attached hydrogen (secondary N) is 1. The molecule has 0 spiro atoms. The quantitative estimate of drug-likeness (QED) is 0.655. The number of rotatable bonds is 5. The first-order valence-corrected chi connectivity index (χ1v) is 6.52. The molecule has 1 unspecified atom stereocenters. The van der Waals surface area contributed by atoms with Crippen LogP contribution in [0.2, 0.25) is 0 Å². The summed E-state index contributed by atoms with van der Waals surface area (Å²) in [5.74, 6) is -0.264. The maximum Gasteiger partial charge on any atom is 0.320 e. The van der Waals surface area contributed by atoms with Gasteiger partial charge in [0.2, 0.25) is 0 Å². The van der Waals surface area contributed by atoms with E-state index in [1.54, 1.807) is 0 Å². The Balaban J connectivity index is 2.36. The average Bonchev–Trinajstić information content (AvgIpc) is 2.30. The largest absolute Gasteiger partial charge is 0.468 e. The monoisotopic (exact) mass is 349 g/mol. The van der Waals surface area contributed by atoms with Gasteiger partial charge in [0.1, 0.15) is 4.83 Å². The smallest absolute Gasteiger partial charge is 0.320 e. The van der Waals surface area contributed by atoms with Crippen LogP contribution in [0.4, 0.5) is 0 Å². The molecule has 0 heterocycles. The molecule has 88 valence electrons. The minimum atomic E-state index is -0.306. The summed E-state index contributed by atoms with van der Waals surface area (Å²) in [7, 11) is 1.38. The highest BCUT2D eigenvalue weighted by Gasteiger charge is 2.14. The van der Waals surface area contributed by atoms with Crippen LogP contribution in [0.5, 0.6) is 0 Å². The first-order chi connectivity index (χ1) is 7.65. The van der Waals surface area contributed by atoms with Crippen LogP contribution in [0.15, 0.2) is 28.7 Å². The van der Waals surface area contributed by atoms with E-state index in [9.17, 15) is 4.79 Å². The van der Waals surface area contributed by atoms with Gasteiger partial charge in [-0.1, -0.05) is 50.1 Å². The lowest BCUT2D eigenvalue weighted by Gasteiger charge is -2.10. The van der Waals surface area contributed by atoms with Crippen molar-refractivity contribution in [1.29, 1.82) is 0 Å². The van der Waals surface area contributed by atoms with Crippen LogP contribution in [-0.4, -0.2) is 24.5 Å². The van der Waals surface area contributed by atoms with Gasteiger partial charge in [-0.2, -0.15) is 0 Å². The molecule has 0 bridgehead atoms. The van der Waals surface area contributed by atoms with Gasteiger partial charge in [0.25, 0.3) is 0 Å². The minimum absolute atomic E-state index is 0.264. The molecule has 0 radical (unpaired) electrons. The molecule has 1 aromatic carbocycles. The molecule has 1 aromatic rings. The number of carbonyl (C=O) groups is 1. The van der Waals surface area contributed by atoms with E-state index >= 15 is 0 Å². The van der Waals surface area contributed by atoms with Crippen molar-refractivity contribution in [3.8, 4) is 0 Å². The number of benzene rings is 1. The van der Waals surface area contributed by atoms with Crippen LogP contribution < -0.4 is 5.32 Å². The van der Waals surface area contributed by atoms with E-state index in [4.69, 9.17) is 0 Å². The van der Waals surface area contributed by atoms with Crippen molar-refractivity contribution >= 4 is 37.8 Å². The van der Waals surface area contributed by atoms with Gasteiger partial charge in [-0.15, -0.1) is 0 Å². The van der Waals surface area contributed by atoms with Gasteiger partial charge < -0.3 is 10.1 Å². The molecule has 5 heteroatoms. The summed E-state index contributed by atoms with van der Waals surface area (Å²) in [5.41, 5.74) is 1.16. The van der Waals surface area contributed by atoms with Gasteiger partial charge in [0.05, 0.1) is 7.11 Å². The zero-order valence-corrected chi connectivity index (χ0v) is 12.0. The van der Waals surface area contributed by atoms with Crippen molar-refractivity contribution in [2.75, 3.05) is 13.7 Å². The predicted octanol–water partition coefficient (Wildman–Crippen LogP) is 2.48. The molecule has 0 fully saturated rings. The summed E-state index contributed by atoms with van der Waals surface area (Å²) in [6.07, 6.45) is 0. The molecular weight excluding hydrogens is 338 g/mol. The van der Waals surface area contributed by atoms with E-state index < -0.39 is 0 Å². The summed E-state index contributed by atoms with van der Waals surface area (Å²) in [5, 5.41) is 3.18. The molecule has 0 aliphatic heterocycles. The normalized spacial score (nSPS) is 12.2. The number of methoxy groups -OCH3 is 1. The van der Waals surface area contributed by atoms with Gasteiger partial charge >= 0.3 is 5.97 Å². The standard InChI is InChI=1S/C11H13Br2NO2/c1-16-11(15)10(13)7-14-6-8-4-2-3-5-9(8)12/h2-5,10,14H,6-7H2,1H3. The molecule has 0 amide bonds. The Morgan fingerprint density at radius 2 is 2.19 bits per heavy atom. The number of hydrogen-bond donors (Lipinski definition) is 1. The zero-order valence-electron chi connectivity index (χ0n) is 8.87. The Morgan fingerprint density at radius 3 is 2.81 bits per heavy atom. The summed E-state index contributed by atoms with van der Waals surface area (Å²) < 4.78 is 5.67. The van der Waals surface area contributed by atoms with Crippen LogP contribution >= 0.6 is 31.9 Å². The number of halogens is 2. The summed E-state index contributed by atoms with van der Waals surface area (Å²) in [6.45, 7) is 1.24. The van der Waals surface area contributed by atoms with Gasteiger partial charge in [0.15, 0.2) is 0 Å². The molecule has 1 rings (SSSR count). The highest BCUT2D eigenvalue weighted by atomic mass is 79.9. The third-order valence-electron chi connectivity index (χ3n) is 2.05. The van der Waals surface area contributed by atoms with Gasteiger partial charge in [-0.25, -0.2) is 0 Å². The first kappa shape index (κ1) is 13.7. The maximum absolute atomic E-state index is 11.1. The van der Waals surface area contributed by atoms with Crippen LogP contribution in [-0.2, 0) is 16.1 Å². The van der Waals surface area contributed by atoms with Crippen molar-refractivity contribution < 1.29 is 9.53 Å². The summed E-state index contributed by atoms with van der Waals surface area (Å²) >= 11 is 6.71.